The summed E-state index contributed by atoms with van der Waals surface area (Å²) in [6, 6.07) is 11.8. The van der Waals surface area contributed by atoms with Gasteiger partial charge in [-0.25, -0.2) is 13.8 Å². The van der Waals surface area contributed by atoms with E-state index in [0.717, 1.165) is 12.7 Å². The van der Waals surface area contributed by atoms with Gasteiger partial charge in [0.05, 0.1) is 7.11 Å². The first-order valence-corrected chi connectivity index (χ1v) is 9.93. The highest BCUT2D eigenvalue weighted by Gasteiger charge is 2.30. The van der Waals surface area contributed by atoms with Gasteiger partial charge in [-0.15, -0.1) is 0 Å². The zero-order valence-corrected chi connectivity index (χ0v) is 17.8. The van der Waals surface area contributed by atoms with Crippen molar-refractivity contribution in [3.05, 3.63) is 76.9 Å². The van der Waals surface area contributed by atoms with E-state index >= 15 is 0 Å². The summed E-state index contributed by atoms with van der Waals surface area (Å²) in [5, 5.41) is 2.24. The molecule has 0 fully saturated rings. The first kappa shape index (κ1) is 22.3. The van der Waals surface area contributed by atoms with Gasteiger partial charge in [-0.3, -0.25) is 4.79 Å². The van der Waals surface area contributed by atoms with Gasteiger partial charge < -0.3 is 14.5 Å². The molecule has 1 N–H and O–H groups in total. The second-order valence-corrected chi connectivity index (χ2v) is 7.60. The minimum Gasteiger partial charge on any atom is -0.491 e. The number of amides is 1. The van der Waals surface area contributed by atoms with Crippen molar-refractivity contribution in [2.24, 2.45) is 0 Å². The Morgan fingerprint density at radius 2 is 1.70 bits per heavy atom. The number of halogens is 4. The van der Waals surface area contributed by atoms with Crippen LogP contribution < -0.4 is 10.1 Å². The largest absolute Gasteiger partial charge is 0.491 e. The summed E-state index contributed by atoms with van der Waals surface area (Å²) in [6.45, 7) is 4.11. The van der Waals surface area contributed by atoms with E-state index < -0.39 is 40.5 Å². The fourth-order valence-electron chi connectivity index (χ4n) is 3.34. The van der Waals surface area contributed by atoms with Crippen molar-refractivity contribution in [2.45, 2.75) is 19.8 Å². The third-order valence-corrected chi connectivity index (χ3v) is 5.10. The number of rotatable bonds is 5. The molecular formula is C24H18F4N2O3. The quantitative estimate of drug-likeness (QED) is 0.276. The van der Waals surface area contributed by atoms with Gasteiger partial charge in [-0.05, 0) is 41.8 Å². The molecule has 0 aliphatic heterocycles. The van der Waals surface area contributed by atoms with Gasteiger partial charge in [0.25, 0.3) is 5.91 Å². The van der Waals surface area contributed by atoms with Crippen molar-refractivity contribution in [2.75, 3.05) is 12.4 Å². The maximum atomic E-state index is 14.2. The van der Waals surface area contributed by atoms with E-state index in [0.29, 0.717) is 22.6 Å². The van der Waals surface area contributed by atoms with E-state index in [4.69, 9.17) is 4.42 Å². The molecule has 170 valence electrons. The Bertz CT molecular complexity index is 1350. The maximum absolute atomic E-state index is 14.2. The van der Waals surface area contributed by atoms with Crippen LogP contribution in [0.4, 0.5) is 23.2 Å². The summed E-state index contributed by atoms with van der Waals surface area (Å²) < 4.78 is 66.5. The number of hydrogen-bond acceptors (Lipinski definition) is 4. The van der Waals surface area contributed by atoms with Crippen LogP contribution in [0.3, 0.4) is 0 Å². The van der Waals surface area contributed by atoms with Crippen LogP contribution in [0, 0.1) is 23.3 Å². The van der Waals surface area contributed by atoms with Crippen molar-refractivity contribution in [1.29, 1.82) is 0 Å². The smallest absolute Gasteiger partial charge is 0.261 e. The third kappa shape index (κ3) is 4.02. The van der Waals surface area contributed by atoms with Crippen LogP contribution >= 0.6 is 0 Å². The highest BCUT2D eigenvalue weighted by Crippen LogP contribution is 2.31. The Morgan fingerprint density at radius 3 is 2.33 bits per heavy atom. The third-order valence-electron chi connectivity index (χ3n) is 5.10. The second-order valence-electron chi connectivity index (χ2n) is 7.60. The molecule has 0 saturated heterocycles. The standard InChI is InChI=1S/C24H18F4N2O3/c1-11(2)12-7-8-16-15(10-12)30-24(33-16)13-5-4-6-14(9-13)29-23(31)17-18(25)20(27)22(32-3)21(28)19(17)26/h4-11H,1-3H3,(H,29,31). The fraction of sp³-hybridized carbons (Fsp3) is 0.167. The number of oxazole rings is 1. The van der Waals surface area contributed by atoms with Gasteiger partial charge in [0, 0.05) is 11.3 Å². The lowest BCUT2D eigenvalue weighted by Gasteiger charge is -2.11. The molecule has 4 aromatic rings. The Balaban J connectivity index is 1.66. The number of carbonyl (C=O) groups excluding carboxylic acids is 1. The van der Waals surface area contributed by atoms with Crippen LogP contribution in [0.5, 0.6) is 5.75 Å². The maximum Gasteiger partial charge on any atom is 0.261 e. The summed E-state index contributed by atoms with van der Waals surface area (Å²) in [6.07, 6.45) is 0. The van der Waals surface area contributed by atoms with Gasteiger partial charge in [0.15, 0.2) is 23.0 Å². The molecule has 0 spiro atoms. The van der Waals surface area contributed by atoms with Gasteiger partial charge in [0.1, 0.15) is 11.1 Å². The van der Waals surface area contributed by atoms with Gasteiger partial charge in [-0.2, -0.15) is 8.78 Å². The Hall–Kier alpha value is -3.88. The van der Waals surface area contributed by atoms with Crippen LogP contribution in [-0.4, -0.2) is 18.0 Å². The van der Waals surface area contributed by atoms with Crippen molar-refractivity contribution in [3.8, 4) is 17.2 Å². The highest BCUT2D eigenvalue weighted by atomic mass is 19.2. The second kappa shape index (κ2) is 8.57. The zero-order valence-electron chi connectivity index (χ0n) is 17.8. The Morgan fingerprint density at radius 1 is 1.00 bits per heavy atom. The molecule has 9 heteroatoms. The summed E-state index contributed by atoms with van der Waals surface area (Å²) in [5.74, 6) is -9.38. The molecule has 0 unspecified atom stereocenters. The normalized spacial score (nSPS) is 11.3. The molecule has 5 nitrogen and oxygen atoms in total. The SMILES string of the molecule is COc1c(F)c(F)c(C(=O)Nc2cccc(-c3nc4cc(C(C)C)ccc4o3)c2)c(F)c1F. The van der Waals surface area contributed by atoms with Crippen LogP contribution in [0.2, 0.25) is 0 Å². The molecule has 0 bridgehead atoms. The number of nitrogens with zero attached hydrogens (tertiary/aromatic N) is 1. The number of hydrogen-bond donors (Lipinski definition) is 1. The van der Waals surface area contributed by atoms with Crippen LogP contribution in [0.1, 0.15) is 35.7 Å². The molecule has 0 aliphatic rings. The highest BCUT2D eigenvalue weighted by molar-refractivity contribution is 6.05. The molecule has 0 saturated carbocycles. The van der Waals surface area contributed by atoms with Gasteiger partial charge in [-0.1, -0.05) is 26.0 Å². The Kier molecular flexibility index (Phi) is 5.80. The summed E-state index contributed by atoms with van der Waals surface area (Å²) in [4.78, 5) is 16.9. The van der Waals surface area contributed by atoms with Crippen molar-refractivity contribution in [1.82, 2.24) is 4.98 Å². The van der Waals surface area contributed by atoms with E-state index in [1.165, 1.54) is 12.1 Å². The molecule has 0 radical (unpaired) electrons. The lowest BCUT2D eigenvalue weighted by Crippen LogP contribution is -2.18. The first-order chi connectivity index (χ1) is 15.7. The Labute approximate surface area is 186 Å². The average molecular weight is 458 g/mol. The number of anilines is 1. The predicted octanol–water partition coefficient (Wildman–Crippen LogP) is 6.44. The van der Waals surface area contributed by atoms with Crippen molar-refractivity contribution >= 4 is 22.7 Å². The molecule has 0 atom stereocenters. The molecule has 1 heterocycles. The number of methoxy groups -OCH3 is 1. The number of aromatic nitrogens is 1. The number of fused-ring (bicyclic) bond motifs is 1. The summed E-state index contributed by atoms with van der Waals surface area (Å²) in [7, 11) is 0.849. The summed E-state index contributed by atoms with van der Waals surface area (Å²) in [5.41, 5.74) is 1.49. The molecule has 33 heavy (non-hydrogen) atoms. The van der Waals surface area contributed by atoms with Crippen molar-refractivity contribution < 1.29 is 31.5 Å². The van der Waals surface area contributed by atoms with E-state index in [-0.39, 0.29) is 11.6 Å². The first-order valence-electron chi connectivity index (χ1n) is 9.93. The van der Waals surface area contributed by atoms with E-state index in [9.17, 15) is 22.4 Å². The number of carbonyl (C=O) groups is 1. The van der Waals surface area contributed by atoms with E-state index in [2.05, 4.69) is 28.9 Å². The number of benzene rings is 3. The van der Waals surface area contributed by atoms with Crippen LogP contribution in [-0.2, 0) is 0 Å². The minimum absolute atomic E-state index is 0.109. The number of nitrogens with one attached hydrogen (secondary N) is 1. The molecule has 1 aromatic heterocycles. The molecule has 1 amide bonds. The van der Waals surface area contributed by atoms with E-state index in [1.807, 2.05) is 18.2 Å². The molecule has 3 aromatic carbocycles. The fourth-order valence-corrected chi connectivity index (χ4v) is 3.34. The molecule has 4 rings (SSSR count). The summed E-state index contributed by atoms with van der Waals surface area (Å²) >= 11 is 0. The topological polar surface area (TPSA) is 64.4 Å². The van der Waals surface area contributed by atoms with Gasteiger partial charge >= 0.3 is 0 Å². The molecule has 0 aliphatic carbocycles. The van der Waals surface area contributed by atoms with E-state index in [1.54, 1.807) is 12.1 Å². The zero-order chi connectivity index (χ0) is 23.9. The van der Waals surface area contributed by atoms with Gasteiger partial charge in [0.2, 0.25) is 17.5 Å². The van der Waals surface area contributed by atoms with Crippen molar-refractivity contribution in [3.63, 3.8) is 0 Å². The lowest BCUT2D eigenvalue weighted by molar-refractivity contribution is 0.101. The number of ether oxygens (including phenoxy) is 1. The minimum atomic E-state index is -1.86. The average Bonchev–Trinajstić information content (AvgIpc) is 3.22. The van der Waals surface area contributed by atoms with Crippen LogP contribution in [0.15, 0.2) is 46.9 Å². The molecular weight excluding hydrogens is 440 g/mol. The van der Waals surface area contributed by atoms with Crippen LogP contribution in [0.25, 0.3) is 22.6 Å². The monoisotopic (exact) mass is 458 g/mol. The predicted molar refractivity (Wildman–Crippen MR) is 114 cm³/mol. The lowest BCUT2D eigenvalue weighted by atomic mass is 10.0.